The Morgan fingerprint density at radius 3 is 2.44 bits per heavy atom. The average Bonchev–Trinajstić information content (AvgIpc) is 2.66. The monoisotopic (exact) mass is 219 g/mol. The minimum atomic E-state index is -0.298. The summed E-state index contributed by atoms with van der Waals surface area (Å²) in [6, 6.07) is 6.52. The third-order valence-electron chi connectivity index (χ3n) is 2.26. The molecule has 16 heavy (non-hydrogen) atoms. The molecule has 0 aliphatic heterocycles. The first-order valence-corrected chi connectivity index (χ1v) is 5.15. The van der Waals surface area contributed by atoms with Gasteiger partial charge >= 0.3 is 0 Å². The summed E-state index contributed by atoms with van der Waals surface area (Å²) >= 11 is 0. The van der Waals surface area contributed by atoms with Gasteiger partial charge in [-0.2, -0.15) is 5.10 Å². The van der Waals surface area contributed by atoms with Crippen LogP contribution in [-0.2, 0) is 5.41 Å². The number of hydrogen-bond acceptors (Lipinski definition) is 2. The highest BCUT2D eigenvalue weighted by Crippen LogP contribution is 2.19. The number of rotatable bonds is 1. The Labute approximate surface area is 93.9 Å². The minimum Gasteiger partial charge on any atom is -0.219 e. The van der Waals surface area contributed by atoms with Crippen LogP contribution in [0.2, 0.25) is 0 Å². The van der Waals surface area contributed by atoms with Gasteiger partial charge in [-0.05, 0) is 12.1 Å². The van der Waals surface area contributed by atoms with Crippen LogP contribution in [0.5, 0.6) is 0 Å². The van der Waals surface area contributed by atoms with Gasteiger partial charge < -0.3 is 0 Å². The largest absolute Gasteiger partial charge is 0.219 e. The van der Waals surface area contributed by atoms with Gasteiger partial charge in [0.15, 0.2) is 5.82 Å². The molecular formula is C12H14FN3. The zero-order valence-corrected chi connectivity index (χ0v) is 9.61. The normalized spacial score (nSPS) is 11.8. The summed E-state index contributed by atoms with van der Waals surface area (Å²) in [4.78, 5) is 4.19. The van der Waals surface area contributed by atoms with Crippen LogP contribution < -0.4 is 0 Å². The molecule has 1 aromatic carbocycles. The maximum atomic E-state index is 13.5. The second kappa shape index (κ2) is 3.70. The van der Waals surface area contributed by atoms with Crippen molar-refractivity contribution in [3.63, 3.8) is 0 Å². The fraction of sp³-hybridized carbons (Fsp3) is 0.333. The highest BCUT2D eigenvalue weighted by molar-refractivity contribution is 5.31. The molecule has 0 saturated heterocycles. The molecule has 2 aromatic rings. The van der Waals surface area contributed by atoms with Crippen LogP contribution in [-0.4, -0.2) is 14.8 Å². The summed E-state index contributed by atoms with van der Waals surface area (Å²) in [5.74, 6) is 0.406. The molecule has 0 bridgehead atoms. The Morgan fingerprint density at radius 1 is 1.19 bits per heavy atom. The summed E-state index contributed by atoms with van der Waals surface area (Å²) in [6.07, 6.45) is 1.54. The van der Waals surface area contributed by atoms with Gasteiger partial charge in [0.05, 0.1) is 0 Å². The zero-order valence-electron chi connectivity index (χ0n) is 9.61. The highest BCUT2D eigenvalue weighted by Gasteiger charge is 2.19. The van der Waals surface area contributed by atoms with Gasteiger partial charge in [0.2, 0.25) is 0 Å². The Hall–Kier alpha value is -1.71. The lowest BCUT2D eigenvalue weighted by molar-refractivity contribution is 0.540. The molecule has 0 aliphatic rings. The number of para-hydroxylation sites is 1. The molecule has 0 aliphatic carbocycles. The second-order valence-electron chi connectivity index (χ2n) is 4.71. The average molecular weight is 219 g/mol. The van der Waals surface area contributed by atoms with E-state index < -0.39 is 0 Å². The van der Waals surface area contributed by atoms with Gasteiger partial charge in [-0.15, -0.1) is 0 Å². The van der Waals surface area contributed by atoms with Gasteiger partial charge in [0.1, 0.15) is 17.8 Å². The quantitative estimate of drug-likeness (QED) is 0.738. The van der Waals surface area contributed by atoms with Crippen molar-refractivity contribution in [2.45, 2.75) is 26.2 Å². The summed E-state index contributed by atoms with van der Waals surface area (Å²) < 4.78 is 15.0. The summed E-state index contributed by atoms with van der Waals surface area (Å²) in [5, 5.41) is 4.28. The van der Waals surface area contributed by atoms with Crippen molar-refractivity contribution in [2.24, 2.45) is 0 Å². The predicted octanol–water partition coefficient (Wildman–Crippen LogP) is 2.70. The van der Waals surface area contributed by atoms with E-state index in [4.69, 9.17) is 0 Å². The molecule has 2 rings (SSSR count). The molecule has 84 valence electrons. The first-order valence-electron chi connectivity index (χ1n) is 5.15. The van der Waals surface area contributed by atoms with E-state index in [9.17, 15) is 4.39 Å². The van der Waals surface area contributed by atoms with Crippen molar-refractivity contribution < 1.29 is 4.39 Å². The lowest BCUT2D eigenvalue weighted by Gasteiger charge is -2.12. The van der Waals surface area contributed by atoms with E-state index in [2.05, 4.69) is 10.1 Å². The molecule has 4 heteroatoms. The highest BCUT2D eigenvalue weighted by atomic mass is 19.1. The fourth-order valence-electron chi connectivity index (χ4n) is 1.36. The van der Waals surface area contributed by atoms with Gasteiger partial charge in [-0.1, -0.05) is 32.9 Å². The maximum absolute atomic E-state index is 13.5. The van der Waals surface area contributed by atoms with Gasteiger partial charge in [0.25, 0.3) is 0 Å². The molecule has 0 fully saturated rings. The minimum absolute atomic E-state index is 0.128. The van der Waals surface area contributed by atoms with Crippen molar-refractivity contribution in [3.8, 4) is 5.69 Å². The lowest BCUT2D eigenvalue weighted by Crippen LogP contribution is -2.14. The number of halogens is 1. The van der Waals surface area contributed by atoms with Crippen molar-refractivity contribution in [2.75, 3.05) is 0 Å². The molecule has 1 aromatic heterocycles. The number of aromatic nitrogens is 3. The van der Waals surface area contributed by atoms with Crippen LogP contribution in [0, 0.1) is 5.82 Å². The fourth-order valence-corrected chi connectivity index (χ4v) is 1.36. The molecule has 0 unspecified atom stereocenters. The summed E-state index contributed by atoms with van der Waals surface area (Å²) in [5.41, 5.74) is 0.293. The third kappa shape index (κ3) is 1.96. The van der Waals surface area contributed by atoms with Gasteiger partial charge in [-0.3, -0.25) is 0 Å². The standard InChI is InChI=1S/C12H14FN3/c1-12(2,3)11-14-8-16(15-11)10-7-5-4-6-9(10)13/h4-8H,1-3H3. The SMILES string of the molecule is CC(C)(C)c1ncn(-c2ccccc2F)n1. The third-order valence-corrected chi connectivity index (χ3v) is 2.26. The Kier molecular flexibility index (Phi) is 2.50. The molecule has 0 amide bonds. The lowest BCUT2D eigenvalue weighted by atomic mass is 9.96. The van der Waals surface area contributed by atoms with E-state index in [1.54, 1.807) is 24.5 Å². The molecule has 0 N–H and O–H groups in total. The molecular weight excluding hydrogens is 205 g/mol. The van der Waals surface area contributed by atoms with E-state index >= 15 is 0 Å². The smallest absolute Gasteiger partial charge is 0.156 e. The Balaban J connectivity index is 2.44. The molecule has 0 atom stereocenters. The Bertz CT molecular complexity index is 497. The number of hydrogen-bond donors (Lipinski definition) is 0. The first kappa shape index (κ1) is 10.8. The van der Waals surface area contributed by atoms with Crippen LogP contribution in [0.4, 0.5) is 4.39 Å². The number of nitrogens with zero attached hydrogens (tertiary/aromatic N) is 3. The zero-order chi connectivity index (χ0) is 11.8. The topological polar surface area (TPSA) is 30.7 Å². The maximum Gasteiger partial charge on any atom is 0.156 e. The molecule has 1 heterocycles. The second-order valence-corrected chi connectivity index (χ2v) is 4.71. The molecule has 3 nitrogen and oxygen atoms in total. The molecule has 0 saturated carbocycles. The van der Waals surface area contributed by atoms with Crippen molar-refractivity contribution in [1.82, 2.24) is 14.8 Å². The van der Waals surface area contributed by atoms with Crippen LogP contribution in [0.15, 0.2) is 30.6 Å². The molecule has 0 radical (unpaired) electrons. The number of benzene rings is 1. The predicted molar refractivity (Wildman–Crippen MR) is 60.0 cm³/mol. The van der Waals surface area contributed by atoms with Gasteiger partial charge in [-0.25, -0.2) is 14.1 Å². The van der Waals surface area contributed by atoms with Crippen LogP contribution in [0.3, 0.4) is 0 Å². The van der Waals surface area contributed by atoms with Crippen molar-refractivity contribution >= 4 is 0 Å². The van der Waals surface area contributed by atoms with E-state index in [1.165, 1.54) is 10.7 Å². The van der Waals surface area contributed by atoms with Crippen LogP contribution in [0.25, 0.3) is 5.69 Å². The summed E-state index contributed by atoms with van der Waals surface area (Å²) in [7, 11) is 0. The van der Waals surface area contributed by atoms with E-state index in [1.807, 2.05) is 20.8 Å². The van der Waals surface area contributed by atoms with E-state index in [0.717, 1.165) is 0 Å². The van der Waals surface area contributed by atoms with Crippen LogP contribution >= 0.6 is 0 Å². The van der Waals surface area contributed by atoms with Crippen molar-refractivity contribution in [1.29, 1.82) is 0 Å². The molecule has 0 spiro atoms. The first-order chi connectivity index (χ1) is 7.48. The van der Waals surface area contributed by atoms with Crippen LogP contribution in [0.1, 0.15) is 26.6 Å². The summed E-state index contributed by atoms with van der Waals surface area (Å²) in [6.45, 7) is 6.07. The van der Waals surface area contributed by atoms with E-state index in [-0.39, 0.29) is 11.2 Å². The Morgan fingerprint density at radius 2 is 1.88 bits per heavy atom. The van der Waals surface area contributed by atoms with Crippen molar-refractivity contribution in [3.05, 3.63) is 42.2 Å². The van der Waals surface area contributed by atoms with Gasteiger partial charge in [0, 0.05) is 5.41 Å². The van der Waals surface area contributed by atoms with E-state index in [0.29, 0.717) is 11.5 Å².